The highest BCUT2D eigenvalue weighted by Crippen LogP contribution is 2.30. The lowest BCUT2D eigenvalue weighted by atomic mass is 9.91. The topological polar surface area (TPSA) is 0 Å². The molecule has 0 fully saturated rings. The van der Waals surface area contributed by atoms with E-state index < -0.39 is 0 Å². The lowest BCUT2D eigenvalue weighted by Gasteiger charge is -2.14. The summed E-state index contributed by atoms with van der Waals surface area (Å²) in [5, 5.41) is 2.72. The third kappa shape index (κ3) is 1.15. The fourth-order valence-corrected chi connectivity index (χ4v) is 2.33. The fourth-order valence-electron chi connectivity index (χ4n) is 2.33. The summed E-state index contributed by atoms with van der Waals surface area (Å²) in [7, 11) is 0. The van der Waals surface area contributed by atoms with E-state index in [0.29, 0.717) is 0 Å². The van der Waals surface area contributed by atoms with Crippen LogP contribution in [-0.4, -0.2) is 0 Å². The van der Waals surface area contributed by atoms with E-state index in [-0.39, 0.29) is 0 Å². The summed E-state index contributed by atoms with van der Waals surface area (Å²) in [6, 6.07) is 10.8. The van der Waals surface area contributed by atoms with Gasteiger partial charge in [0, 0.05) is 0 Å². The molecular weight excluding hydrogens is 180 g/mol. The van der Waals surface area contributed by atoms with Crippen LogP contribution in [0.25, 0.3) is 22.9 Å². The Labute approximate surface area is 89.6 Å². The van der Waals surface area contributed by atoms with E-state index in [0.717, 1.165) is 6.42 Å². The lowest BCUT2D eigenvalue weighted by molar-refractivity contribution is 1.29. The molecule has 0 N–H and O–H groups in total. The maximum Gasteiger partial charge on any atom is -0.00703 e. The Bertz CT molecular complexity index is 574. The number of allylic oxidation sites excluding steroid dienone is 1. The first kappa shape index (κ1) is 8.49. The first-order chi connectivity index (χ1) is 7.40. The van der Waals surface area contributed by atoms with E-state index >= 15 is 0 Å². The van der Waals surface area contributed by atoms with Crippen LogP contribution in [0.4, 0.5) is 0 Å². The molecule has 0 spiro atoms. The van der Waals surface area contributed by atoms with Crippen molar-refractivity contribution in [1.82, 2.24) is 0 Å². The van der Waals surface area contributed by atoms with Gasteiger partial charge in [-0.15, -0.1) is 0 Å². The van der Waals surface area contributed by atoms with Crippen molar-refractivity contribution in [3.8, 4) is 0 Å². The Morgan fingerprint density at radius 1 is 1.13 bits per heavy atom. The van der Waals surface area contributed by atoms with Gasteiger partial charge in [-0.1, -0.05) is 55.1 Å². The highest BCUT2D eigenvalue weighted by Gasteiger charge is 2.09. The van der Waals surface area contributed by atoms with Crippen molar-refractivity contribution in [2.24, 2.45) is 0 Å². The third-order valence-corrected chi connectivity index (χ3v) is 3.05. The van der Waals surface area contributed by atoms with Gasteiger partial charge in [-0.3, -0.25) is 0 Å². The lowest BCUT2D eigenvalue weighted by Crippen LogP contribution is -1.93. The van der Waals surface area contributed by atoms with E-state index in [1.165, 1.54) is 27.5 Å². The van der Waals surface area contributed by atoms with Crippen molar-refractivity contribution in [2.45, 2.75) is 6.42 Å². The summed E-state index contributed by atoms with van der Waals surface area (Å²) in [6.07, 6.45) is 7.42. The molecule has 1 aliphatic rings. The van der Waals surface area contributed by atoms with Gasteiger partial charge in [0.25, 0.3) is 0 Å². The Morgan fingerprint density at radius 3 is 2.93 bits per heavy atom. The fraction of sp³-hybridized carbons (Fsp3) is 0.0667. The second-order valence-corrected chi connectivity index (χ2v) is 3.89. The highest BCUT2D eigenvalue weighted by atomic mass is 14.1. The quantitative estimate of drug-likeness (QED) is 0.639. The van der Waals surface area contributed by atoms with E-state index in [2.05, 4.69) is 49.1 Å². The SMILES string of the molecule is C=Cc1ccc2c3c(cccc13)C=CC2. The summed E-state index contributed by atoms with van der Waals surface area (Å²) < 4.78 is 0. The van der Waals surface area contributed by atoms with Crippen LogP contribution < -0.4 is 0 Å². The Morgan fingerprint density at radius 2 is 2.07 bits per heavy atom. The molecule has 0 unspecified atom stereocenters. The van der Waals surface area contributed by atoms with Crippen molar-refractivity contribution >= 4 is 22.9 Å². The molecule has 2 aromatic carbocycles. The molecule has 0 bridgehead atoms. The summed E-state index contributed by atoms with van der Waals surface area (Å²) in [4.78, 5) is 0. The summed E-state index contributed by atoms with van der Waals surface area (Å²) in [6.45, 7) is 3.87. The Hall–Kier alpha value is -1.82. The average Bonchev–Trinajstić information content (AvgIpc) is 2.30. The van der Waals surface area contributed by atoms with E-state index in [1.54, 1.807) is 0 Å². The maximum absolute atomic E-state index is 3.87. The normalized spacial score (nSPS) is 13.1. The van der Waals surface area contributed by atoms with Gasteiger partial charge >= 0.3 is 0 Å². The zero-order chi connectivity index (χ0) is 10.3. The van der Waals surface area contributed by atoms with E-state index in [9.17, 15) is 0 Å². The molecule has 72 valence electrons. The second-order valence-electron chi connectivity index (χ2n) is 3.89. The molecule has 0 nitrogen and oxygen atoms in total. The van der Waals surface area contributed by atoms with Crippen molar-refractivity contribution in [2.75, 3.05) is 0 Å². The first-order valence-corrected chi connectivity index (χ1v) is 5.24. The van der Waals surface area contributed by atoms with Crippen LogP contribution in [0.5, 0.6) is 0 Å². The summed E-state index contributed by atoms with van der Waals surface area (Å²) in [5.74, 6) is 0. The minimum Gasteiger partial charge on any atom is -0.0984 e. The van der Waals surface area contributed by atoms with Crippen molar-refractivity contribution in [3.05, 3.63) is 59.7 Å². The molecule has 0 radical (unpaired) electrons. The van der Waals surface area contributed by atoms with Crippen molar-refractivity contribution in [1.29, 1.82) is 0 Å². The highest BCUT2D eigenvalue weighted by molar-refractivity contribution is 5.99. The van der Waals surface area contributed by atoms with Gasteiger partial charge in [-0.05, 0) is 33.9 Å². The summed E-state index contributed by atoms with van der Waals surface area (Å²) in [5.41, 5.74) is 3.98. The maximum atomic E-state index is 3.87. The molecule has 0 aliphatic heterocycles. The molecule has 15 heavy (non-hydrogen) atoms. The molecule has 0 saturated heterocycles. The van der Waals surface area contributed by atoms with E-state index in [4.69, 9.17) is 0 Å². The van der Waals surface area contributed by atoms with Gasteiger partial charge in [-0.25, -0.2) is 0 Å². The predicted octanol–water partition coefficient (Wildman–Crippen LogP) is 4.05. The van der Waals surface area contributed by atoms with Crippen molar-refractivity contribution < 1.29 is 0 Å². The first-order valence-electron chi connectivity index (χ1n) is 5.24. The zero-order valence-corrected chi connectivity index (χ0v) is 8.53. The molecule has 2 aromatic rings. The smallest absolute Gasteiger partial charge is 0.00703 e. The number of benzene rings is 2. The number of hydrogen-bond donors (Lipinski definition) is 0. The van der Waals surface area contributed by atoms with Crippen LogP contribution >= 0.6 is 0 Å². The van der Waals surface area contributed by atoms with Gasteiger partial charge in [-0.2, -0.15) is 0 Å². The third-order valence-electron chi connectivity index (χ3n) is 3.05. The van der Waals surface area contributed by atoms with Crippen LogP contribution in [0.15, 0.2) is 43.0 Å². The molecule has 0 saturated carbocycles. The van der Waals surface area contributed by atoms with Crippen LogP contribution in [0.2, 0.25) is 0 Å². The van der Waals surface area contributed by atoms with Gasteiger partial charge in [0.2, 0.25) is 0 Å². The van der Waals surface area contributed by atoms with Gasteiger partial charge in [0.1, 0.15) is 0 Å². The molecule has 3 rings (SSSR count). The standard InChI is InChI=1S/C15H12/c1-2-11-9-10-13-6-3-5-12-7-4-8-14(11)15(12)13/h2-5,7-10H,1,6H2. The van der Waals surface area contributed by atoms with Gasteiger partial charge < -0.3 is 0 Å². The Balaban J connectivity index is 2.53. The molecule has 0 heteroatoms. The van der Waals surface area contributed by atoms with Gasteiger partial charge in [0.15, 0.2) is 0 Å². The molecule has 0 atom stereocenters. The zero-order valence-electron chi connectivity index (χ0n) is 8.53. The number of rotatable bonds is 1. The largest absolute Gasteiger partial charge is 0.0984 e. The van der Waals surface area contributed by atoms with E-state index in [1.807, 2.05) is 6.08 Å². The minimum absolute atomic E-state index is 1.05. The minimum atomic E-state index is 1.05. The molecular formula is C15H12. The van der Waals surface area contributed by atoms with Crippen LogP contribution in [0, 0.1) is 0 Å². The summed E-state index contributed by atoms with van der Waals surface area (Å²) >= 11 is 0. The predicted molar refractivity (Wildman–Crippen MR) is 66.8 cm³/mol. The Kier molecular flexibility index (Phi) is 1.75. The molecule has 1 aliphatic carbocycles. The van der Waals surface area contributed by atoms with Crippen LogP contribution in [0.1, 0.15) is 16.7 Å². The molecule has 0 heterocycles. The molecule has 0 amide bonds. The average molecular weight is 192 g/mol. The van der Waals surface area contributed by atoms with Crippen molar-refractivity contribution in [3.63, 3.8) is 0 Å². The second kappa shape index (κ2) is 3.09. The molecule has 0 aromatic heterocycles. The monoisotopic (exact) mass is 192 g/mol. The van der Waals surface area contributed by atoms with Gasteiger partial charge in [0.05, 0.1) is 0 Å². The van der Waals surface area contributed by atoms with Crippen LogP contribution in [-0.2, 0) is 6.42 Å². The number of hydrogen-bond acceptors (Lipinski definition) is 0. The van der Waals surface area contributed by atoms with Crippen LogP contribution in [0.3, 0.4) is 0 Å².